The predicted octanol–water partition coefficient (Wildman–Crippen LogP) is 14.6. The molecule has 6 atom stereocenters. The van der Waals surface area contributed by atoms with Gasteiger partial charge in [0.25, 0.3) is 0 Å². The third-order valence-electron chi connectivity index (χ3n) is 12.8. The molecular weight excluding hydrogens is 925 g/mol. The molecular formula is C61H102O12. The highest BCUT2D eigenvalue weighted by Crippen LogP contribution is 2.26. The largest absolute Gasteiger partial charge is 0.479 e. The first kappa shape index (κ1) is 67.2. The number of carboxylic acids is 1. The van der Waals surface area contributed by atoms with Gasteiger partial charge in [0, 0.05) is 19.3 Å². The maximum Gasteiger partial charge on any atom is 0.335 e. The summed E-state index contributed by atoms with van der Waals surface area (Å²) in [6.45, 7) is 5.72. The summed E-state index contributed by atoms with van der Waals surface area (Å²) >= 11 is 0. The minimum Gasteiger partial charge on any atom is -0.479 e. The van der Waals surface area contributed by atoms with E-state index in [4.69, 9.17) is 23.7 Å². The molecule has 1 fully saturated rings. The second-order valence-corrected chi connectivity index (χ2v) is 19.5. The molecule has 0 aromatic heterocycles. The van der Waals surface area contributed by atoms with Crippen LogP contribution in [-0.2, 0) is 42.9 Å². The predicted molar refractivity (Wildman–Crippen MR) is 294 cm³/mol. The fraction of sp³-hybridized carbons (Fsp3) is 0.738. The van der Waals surface area contributed by atoms with Crippen molar-refractivity contribution in [3.63, 3.8) is 0 Å². The topological polar surface area (TPSA) is 175 Å². The molecule has 0 radical (unpaired) electrons. The highest BCUT2D eigenvalue weighted by atomic mass is 16.7. The SMILES string of the molecule is CC/C=C\C/C=C\C/C=C\CCCCCC(=O)OC(COC(=O)CCCCCCCCCCCCCCCCCCC)COC1OC(C(=O)O)C(O)C(O)C1OC(=O)CCCCC/C=C\C/C=C\C/C=C\CC. The van der Waals surface area contributed by atoms with Gasteiger partial charge in [0.05, 0.1) is 6.61 Å². The average Bonchev–Trinajstić information content (AvgIpc) is 3.37. The molecule has 0 aliphatic carbocycles. The number of carbonyl (C=O) groups is 4. The molecule has 1 heterocycles. The van der Waals surface area contributed by atoms with Crippen LogP contribution in [0.15, 0.2) is 72.9 Å². The van der Waals surface area contributed by atoms with E-state index in [0.717, 1.165) is 96.3 Å². The van der Waals surface area contributed by atoms with Gasteiger partial charge in [-0.25, -0.2) is 4.79 Å². The number of esters is 3. The van der Waals surface area contributed by atoms with E-state index in [9.17, 15) is 34.5 Å². The average molecular weight is 1030 g/mol. The normalized spacial score (nSPS) is 18.8. The van der Waals surface area contributed by atoms with Crippen LogP contribution in [0.4, 0.5) is 0 Å². The molecule has 0 spiro atoms. The van der Waals surface area contributed by atoms with E-state index in [1.54, 1.807) is 0 Å². The van der Waals surface area contributed by atoms with Crippen molar-refractivity contribution in [1.29, 1.82) is 0 Å². The van der Waals surface area contributed by atoms with E-state index >= 15 is 0 Å². The van der Waals surface area contributed by atoms with E-state index in [2.05, 4.69) is 93.7 Å². The van der Waals surface area contributed by atoms with Crippen LogP contribution in [0.2, 0.25) is 0 Å². The van der Waals surface area contributed by atoms with Crippen LogP contribution in [0.1, 0.15) is 239 Å². The number of unbranched alkanes of at least 4 members (excludes halogenated alkanes) is 22. The molecule has 1 saturated heterocycles. The number of hydrogen-bond donors (Lipinski definition) is 3. The van der Waals surface area contributed by atoms with Gasteiger partial charge in [0.1, 0.15) is 18.8 Å². The molecule has 3 N–H and O–H groups in total. The number of aliphatic hydroxyl groups is 2. The van der Waals surface area contributed by atoms with E-state index < -0.39 is 67.3 Å². The van der Waals surface area contributed by atoms with Crippen LogP contribution in [0.5, 0.6) is 0 Å². The smallest absolute Gasteiger partial charge is 0.335 e. The Labute approximate surface area is 442 Å². The summed E-state index contributed by atoms with van der Waals surface area (Å²) in [6, 6.07) is 0. The van der Waals surface area contributed by atoms with Gasteiger partial charge < -0.3 is 39.0 Å². The first-order valence-electron chi connectivity index (χ1n) is 28.9. The Morgan fingerprint density at radius 1 is 0.466 bits per heavy atom. The zero-order chi connectivity index (χ0) is 53.3. The minimum atomic E-state index is -1.92. The van der Waals surface area contributed by atoms with Gasteiger partial charge in [-0.1, -0.05) is 209 Å². The quantitative estimate of drug-likeness (QED) is 0.0228. The van der Waals surface area contributed by atoms with Crippen LogP contribution < -0.4 is 0 Å². The van der Waals surface area contributed by atoms with E-state index in [1.165, 1.54) is 83.5 Å². The van der Waals surface area contributed by atoms with Crippen molar-refractivity contribution < 1.29 is 58.2 Å². The lowest BCUT2D eigenvalue weighted by atomic mass is 9.98. The fourth-order valence-corrected chi connectivity index (χ4v) is 8.40. The molecule has 73 heavy (non-hydrogen) atoms. The van der Waals surface area contributed by atoms with Crippen LogP contribution in [-0.4, -0.2) is 89.2 Å². The lowest BCUT2D eigenvalue weighted by Gasteiger charge is -2.40. The van der Waals surface area contributed by atoms with E-state index in [-0.39, 0.29) is 25.9 Å². The monoisotopic (exact) mass is 1030 g/mol. The van der Waals surface area contributed by atoms with Crippen LogP contribution in [0.25, 0.3) is 0 Å². The van der Waals surface area contributed by atoms with Gasteiger partial charge in [-0.3, -0.25) is 14.4 Å². The highest BCUT2D eigenvalue weighted by Gasteiger charge is 2.50. The third-order valence-corrected chi connectivity index (χ3v) is 12.8. The van der Waals surface area contributed by atoms with Crippen molar-refractivity contribution in [3.05, 3.63) is 72.9 Å². The number of ether oxygens (including phenoxy) is 5. The van der Waals surface area contributed by atoms with Crippen molar-refractivity contribution in [1.82, 2.24) is 0 Å². The summed E-state index contributed by atoms with van der Waals surface area (Å²) in [7, 11) is 0. The maximum atomic E-state index is 13.1. The van der Waals surface area contributed by atoms with Gasteiger partial charge in [0.2, 0.25) is 0 Å². The van der Waals surface area contributed by atoms with Crippen LogP contribution >= 0.6 is 0 Å². The summed E-state index contributed by atoms with van der Waals surface area (Å²) in [5, 5.41) is 31.4. The molecule has 0 saturated carbocycles. The number of aliphatic carboxylic acids is 1. The van der Waals surface area contributed by atoms with E-state index in [0.29, 0.717) is 19.3 Å². The summed E-state index contributed by atoms with van der Waals surface area (Å²) in [5.74, 6) is -3.19. The van der Waals surface area contributed by atoms with Crippen molar-refractivity contribution in [3.8, 4) is 0 Å². The summed E-state index contributed by atoms with van der Waals surface area (Å²) < 4.78 is 28.3. The number of rotatable bonds is 48. The molecule has 0 bridgehead atoms. The zero-order valence-electron chi connectivity index (χ0n) is 45.9. The number of hydrogen-bond acceptors (Lipinski definition) is 11. The van der Waals surface area contributed by atoms with Crippen molar-refractivity contribution >= 4 is 23.9 Å². The van der Waals surface area contributed by atoms with Crippen LogP contribution in [0.3, 0.4) is 0 Å². The second kappa shape index (κ2) is 49.1. The first-order chi connectivity index (χ1) is 35.6. The summed E-state index contributed by atoms with van der Waals surface area (Å²) in [4.78, 5) is 51.0. The molecule has 12 nitrogen and oxygen atoms in total. The third kappa shape index (κ3) is 39.3. The molecule has 1 aliphatic rings. The molecule has 418 valence electrons. The molecule has 0 aromatic carbocycles. The molecule has 1 rings (SSSR count). The van der Waals surface area contributed by atoms with Gasteiger partial charge >= 0.3 is 23.9 Å². The lowest BCUT2D eigenvalue weighted by Crippen LogP contribution is -2.61. The van der Waals surface area contributed by atoms with Gasteiger partial charge in [-0.2, -0.15) is 0 Å². The van der Waals surface area contributed by atoms with Gasteiger partial charge in [0.15, 0.2) is 24.6 Å². The Kier molecular flexibility index (Phi) is 45.1. The Hall–Kier alpha value is -3.84. The molecule has 6 unspecified atom stereocenters. The summed E-state index contributed by atoms with van der Waals surface area (Å²) in [6.07, 6.45) is 48.9. The standard InChI is InChI=1S/C61H102O12/c1-4-7-10-13-16-19-22-25-26-27-28-31-32-35-38-41-44-47-53(62)69-50-52(71-54(63)48-45-42-39-36-33-29-23-20-17-14-11-8-5-2)51-70-61-59(57(66)56(65)58(73-61)60(67)68)72-55(64)49-46-43-40-37-34-30-24-21-18-15-12-9-6-3/h8-9,11-12,17-18,20-21,29-30,33-34,52,56-59,61,65-66H,4-7,10,13-16,19,22-28,31-32,35-51H2,1-3H3,(H,67,68)/b11-8-,12-9-,20-17-,21-18-,33-29-,34-30-. The second-order valence-electron chi connectivity index (χ2n) is 19.5. The molecule has 1 aliphatic heterocycles. The minimum absolute atomic E-state index is 0.0204. The van der Waals surface area contributed by atoms with E-state index in [1.807, 2.05) is 0 Å². The molecule has 0 amide bonds. The summed E-state index contributed by atoms with van der Waals surface area (Å²) in [5.41, 5.74) is 0. The maximum absolute atomic E-state index is 13.1. The number of carbonyl (C=O) groups excluding carboxylic acids is 3. The first-order valence-corrected chi connectivity index (χ1v) is 28.9. The lowest BCUT2D eigenvalue weighted by molar-refractivity contribution is -0.301. The Morgan fingerprint density at radius 2 is 0.863 bits per heavy atom. The highest BCUT2D eigenvalue weighted by molar-refractivity contribution is 5.74. The van der Waals surface area contributed by atoms with Crippen molar-refractivity contribution in [2.45, 2.75) is 276 Å². The van der Waals surface area contributed by atoms with Crippen molar-refractivity contribution in [2.24, 2.45) is 0 Å². The Bertz CT molecular complexity index is 1550. The number of allylic oxidation sites excluding steroid dienone is 12. The number of aliphatic hydroxyl groups excluding tert-OH is 2. The molecule has 0 aromatic rings. The zero-order valence-corrected chi connectivity index (χ0v) is 45.9. The van der Waals surface area contributed by atoms with Gasteiger partial charge in [-0.05, 0) is 83.5 Å². The van der Waals surface area contributed by atoms with Gasteiger partial charge in [-0.15, -0.1) is 0 Å². The Morgan fingerprint density at radius 3 is 1.32 bits per heavy atom. The van der Waals surface area contributed by atoms with Crippen LogP contribution in [0, 0.1) is 0 Å². The van der Waals surface area contributed by atoms with Crippen molar-refractivity contribution in [2.75, 3.05) is 13.2 Å². The Balaban J connectivity index is 2.71. The fourth-order valence-electron chi connectivity index (χ4n) is 8.40. The molecule has 12 heteroatoms. The number of carboxylic acid groups (broad SMARTS) is 1.